The number of nitrogens with zero attached hydrogens (tertiary/aromatic N) is 3. The molecule has 0 saturated carbocycles. The van der Waals surface area contributed by atoms with Crippen molar-refractivity contribution in [2.24, 2.45) is 4.99 Å². The average Bonchev–Trinajstić information content (AvgIpc) is 3.16. The van der Waals surface area contributed by atoms with Gasteiger partial charge in [-0.05, 0) is 36.0 Å². The minimum Gasteiger partial charge on any atom is -0.337 e. The third-order valence-electron chi connectivity index (χ3n) is 4.18. The molecule has 136 valence electrons. The molecule has 2 aliphatic heterocycles. The quantitative estimate of drug-likeness (QED) is 0.491. The van der Waals surface area contributed by atoms with Crippen LogP contribution < -0.4 is 4.90 Å². The van der Waals surface area contributed by atoms with Gasteiger partial charge in [-0.2, -0.15) is 0 Å². The summed E-state index contributed by atoms with van der Waals surface area (Å²) >= 11 is 9.23. The number of hydrogen-bond donors (Lipinski definition) is 0. The van der Waals surface area contributed by atoms with Crippen LogP contribution >= 0.6 is 35.1 Å². The Labute approximate surface area is 171 Å². The van der Waals surface area contributed by atoms with Crippen LogP contribution in [0.3, 0.4) is 0 Å². The molecular formula is C20H16ClN3OS2. The van der Waals surface area contributed by atoms with Gasteiger partial charge in [0.1, 0.15) is 4.91 Å². The highest BCUT2D eigenvalue weighted by atomic mass is 35.5. The fourth-order valence-electron chi connectivity index (χ4n) is 2.85. The highest BCUT2D eigenvalue weighted by Crippen LogP contribution is 2.50. The molecule has 2 aromatic carbocycles. The molecule has 2 aliphatic rings. The maximum absolute atomic E-state index is 13.1. The van der Waals surface area contributed by atoms with E-state index in [0.29, 0.717) is 27.3 Å². The zero-order chi connectivity index (χ0) is 19.0. The van der Waals surface area contributed by atoms with Gasteiger partial charge in [0.15, 0.2) is 5.17 Å². The highest BCUT2D eigenvalue weighted by molar-refractivity contribution is 8.19. The zero-order valence-corrected chi connectivity index (χ0v) is 16.9. The van der Waals surface area contributed by atoms with Gasteiger partial charge in [-0.3, -0.25) is 9.69 Å². The van der Waals surface area contributed by atoms with E-state index in [0.717, 1.165) is 15.6 Å². The van der Waals surface area contributed by atoms with Gasteiger partial charge in [0, 0.05) is 18.5 Å². The number of carbonyl (C=O) groups excluding carboxylic acids is 1. The van der Waals surface area contributed by atoms with Crippen molar-refractivity contribution in [1.29, 1.82) is 0 Å². The van der Waals surface area contributed by atoms with E-state index in [1.807, 2.05) is 37.4 Å². The van der Waals surface area contributed by atoms with Crippen molar-refractivity contribution >= 4 is 57.6 Å². The van der Waals surface area contributed by atoms with E-state index in [1.165, 1.54) is 11.8 Å². The Morgan fingerprint density at radius 3 is 2.63 bits per heavy atom. The van der Waals surface area contributed by atoms with E-state index in [1.54, 1.807) is 28.8 Å². The minimum atomic E-state index is -0.0622. The Bertz CT molecular complexity index is 1000. The predicted octanol–water partition coefficient (Wildman–Crippen LogP) is 5.50. The van der Waals surface area contributed by atoms with Crippen molar-refractivity contribution in [3.05, 3.63) is 76.1 Å². The Hall–Kier alpha value is -2.15. The van der Waals surface area contributed by atoms with Gasteiger partial charge in [0.25, 0.3) is 5.91 Å². The first kappa shape index (κ1) is 18.2. The van der Waals surface area contributed by atoms with E-state index in [9.17, 15) is 4.79 Å². The van der Waals surface area contributed by atoms with Crippen LogP contribution in [0.1, 0.15) is 0 Å². The predicted molar refractivity (Wildman–Crippen MR) is 116 cm³/mol. The first-order valence-corrected chi connectivity index (χ1v) is 10.3. The number of aliphatic imine (C=N–C) groups is 1. The van der Waals surface area contributed by atoms with Crippen molar-refractivity contribution in [1.82, 2.24) is 4.90 Å². The minimum absolute atomic E-state index is 0.0622. The van der Waals surface area contributed by atoms with Crippen LogP contribution in [0, 0.1) is 0 Å². The second-order valence-corrected chi connectivity index (χ2v) is 8.33. The number of fused-ring (bicyclic) bond motifs is 1. The van der Waals surface area contributed by atoms with Crippen molar-refractivity contribution in [3.8, 4) is 0 Å². The maximum atomic E-state index is 13.1. The molecule has 27 heavy (non-hydrogen) atoms. The third kappa shape index (κ3) is 3.29. The topological polar surface area (TPSA) is 35.9 Å². The normalized spacial score (nSPS) is 20.5. The van der Waals surface area contributed by atoms with Gasteiger partial charge >= 0.3 is 0 Å². The van der Waals surface area contributed by atoms with Gasteiger partial charge in [-0.1, -0.05) is 53.7 Å². The Morgan fingerprint density at radius 2 is 1.89 bits per heavy atom. The van der Waals surface area contributed by atoms with Crippen LogP contribution in [-0.2, 0) is 4.79 Å². The van der Waals surface area contributed by atoms with Crippen molar-refractivity contribution in [2.75, 3.05) is 18.5 Å². The number of thioether (sulfide) groups is 2. The lowest BCUT2D eigenvalue weighted by Crippen LogP contribution is -2.29. The number of amidine groups is 1. The molecule has 0 spiro atoms. The summed E-state index contributed by atoms with van der Waals surface area (Å²) < 4.78 is 0. The lowest BCUT2D eigenvalue weighted by Gasteiger charge is -2.15. The smallest absolute Gasteiger partial charge is 0.269 e. The van der Waals surface area contributed by atoms with Gasteiger partial charge in [-0.15, -0.1) is 6.58 Å². The monoisotopic (exact) mass is 413 g/mol. The Kier molecular flexibility index (Phi) is 5.04. The molecule has 0 aliphatic carbocycles. The Morgan fingerprint density at radius 1 is 1.15 bits per heavy atom. The van der Waals surface area contributed by atoms with Crippen LogP contribution in [0.5, 0.6) is 0 Å². The largest absolute Gasteiger partial charge is 0.337 e. The first-order chi connectivity index (χ1) is 13.1. The van der Waals surface area contributed by atoms with E-state index in [-0.39, 0.29) is 5.91 Å². The average molecular weight is 414 g/mol. The molecule has 0 N–H and O–H groups in total. The molecule has 0 atom stereocenters. The van der Waals surface area contributed by atoms with Gasteiger partial charge in [0.05, 0.1) is 21.4 Å². The summed E-state index contributed by atoms with van der Waals surface area (Å²) in [6, 6.07) is 15.5. The fraction of sp³-hybridized carbons (Fsp3) is 0.100. The summed E-state index contributed by atoms with van der Waals surface area (Å²) in [6.45, 7) is 4.17. The van der Waals surface area contributed by atoms with Gasteiger partial charge < -0.3 is 4.90 Å². The molecule has 1 amide bonds. The SMILES string of the molecule is C=CCN1C(=O)C(=C2Sc3ccccc3N2C)SC1=Nc1ccccc1Cl. The molecule has 2 heterocycles. The number of carbonyl (C=O) groups is 1. The van der Waals surface area contributed by atoms with Gasteiger partial charge in [0.2, 0.25) is 0 Å². The second kappa shape index (κ2) is 7.46. The number of para-hydroxylation sites is 2. The number of rotatable bonds is 3. The second-order valence-electron chi connectivity index (χ2n) is 5.92. The molecule has 4 rings (SSSR count). The number of anilines is 1. The summed E-state index contributed by atoms with van der Waals surface area (Å²) in [6.07, 6.45) is 1.70. The first-order valence-electron chi connectivity index (χ1n) is 8.29. The summed E-state index contributed by atoms with van der Waals surface area (Å²) in [7, 11) is 1.98. The number of benzene rings is 2. The molecule has 0 aromatic heterocycles. The molecule has 2 aromatic rings. The summed E-state index contributed by atoms with van der Waals surface area (Å²) in [5, 5.41) is 2.09. The van der Waals surface area contributed by atoms with Crippen molar-refractivity contribution in [3.63, 3.8) is 0 Å². The van der Waals surface area contributed by atoms with Crippen LogP contribution in [0.15, 0.2) is 81.0 Å². The lowest BCUT2D eigenvalue weighted by atomic mass is 10.3. The van der Waals surface area contributed by atoms with E-state index in [4.69, 9.17) is 11.6 Å². The highest BCUT2D eigenvalue weighted by Gasteiger charge is 2.38. The fourth-order valence-corrected chi connectivity index (χ4v) is 5.38. The van der Waals surface area contributed by atoms with E-state index >= 15 is 0 Å². The summed E-state index contributed by atoms with van der Waals surface area (Å²) in [4.78, 5) is 23.3. The maximum Gasteiger partial charge on any atom is 0.269 e. The Balaban J connectivity index is 1.76. The van der Waals surface area contributed by atoms with E-state index in [2.05, 4.69) is 28.6 Å². The van der Waals surface area contributed by atoms with Crippen molar-refractivity contribution < 1.29 is 4.79 Å². The molecule has 7 heteroatoms. The van der Waals surface area contributed by atoms with Crippen LogP contribution in [0.25, 0.3) is 0 Å². The lowest BCUT2D eigenvalue weighted by molar-refractivity contribution is -0.121. The molecule has 4 nitrogen and oxygen atoms in total. The number of halogens is 1. The van der Waals surface area contributed by atoms with Crippen LogP contribution in [0.2, 0.25) is 5.02 Å². The van der Waals surface area contributed by atoms with Crippen molar-refractivity contribution in [2.45, 2.75) is 4.90 Å². The number of amides is 1. The molecule has 1 fully saturated rings. The number of hydrogen-bond acceptors (Lipinski definition) is 5. The zero-order valence-electron chi connectivity index (χ0n) is 14.6. The third-order valence-corrected chi connectivity index (χ3v) is 6.93. The molecule has 1 saturated heterocycles. The summed E-state index contributed by atoms with van der Waals surface area (Å²) in [5.74, 6) is -0.0622. The van der Waals surface area contributed by atoms with E-state index < -0.39 is 0 Å². The molecule has 0 bridgehead atoms. The van der Waals surface area contributed by atoms with Gasteiger partial charge in [-0.25, -0.2) is 4.99 Å². The molecule has 0 unspecified atom stereocenters. The summed E-state index contributed by atoms with van der Waals surface area (Å²) in [5.41, 5.74) is 1.75. The molecular weight excluding hydrogens is 398 g/mol. The van der Waals surface area contributed by atoms with Crippen LogP contribution in [-0.4, -0.2) is 29.6 Å². The standard InChI is InChI=1S/C20H16ClN3OS2/c1-3-12-24-18(25)17(19-23(2)15-10-6-7-11-16(15)26-19)27-20(24)22-14-9-5-4-8-13(14)21/h3-11H,1,12H2,2H3. The molecule has 0 radical (unpaired) electrons. The van der Waals surface area contributed by atoms with Crippen LogP contribution in [0.4, 0.5) is 11.4 Å².